The maximum Gasteiger partial charge on any atom is 0.262 e. The Morgan fingerprint density at radius 1 is 0.967 bits per heavy atom. The van der Waals surface area contributed by atoms with Gasteiger partial charge in [-0.15, -0.1) is 0 Å². The van der Waals surface area contributed by atoms with Crippen LogP contribution >= 0.6 is 0 Å². The molecule has 0 atom stereocenters. The molecule has 0 saturated heterocycles. The van der Waals surface area contributed by atoms with Crippen molar-refractivity contribution >= 4 is 22.6 Å². The lowest BCUT2D eigenvalue weighted by molar-refractivity contribution is -0.118. The number of anilines is 1. The van der Waals surface area contributed by atoms with Gasteiger partial charge in [0.2, 0.25) is 0 Å². The van der Waals surface area contributed by atoms with Gasteiger partial charge in [-0.05, 0) is 54.6 Å². The maximum atomic E-state index is 12.2. The van der Waals surface area contributed by atoms with Crippen LogP contribution in [-0.4, -0.2) is 36.7 Å². The number of methoxy groups -OCH3 is 2. The smallest absolute Gasteiger partial charge is 0.262 e. The summed E-state index contributed by atoms with van der Waals surface area (Å²) in [6, 6.07) is 20.4. The number of carbonyl (C=O) groups excluding carboxylic acids is 1. The molecular formula is C23H21N3O4. The number of hydrogen-bond donors (Lipinski definition) is 2. The van der Waals surface area contributed by atoms with Crippen LogP contribution in [0, 0.1) is 0 Å². The molecule has 0 fully saturated rings. The van der Waals surface area contributed by atoms with Crippen molar-refractivity contribution in [1.82, 2.24) is 9.97 Å². The fourth-order valence-corrected chi connectivity index (χ4v) is 3.04. The third kappa shape index (κ3) is 4.20. The zero-order chi connectivity index (χ0) is 20.9. The molecule has 0 bridgehead atoms. The van der Waals surface area contributed by atoms with Crippen molar-refractivity contribution in [3.63, 3.8) is 0 Å². The van der Waals surface area contributed by atoms with Gasteiger partial charge in [-0.25, -0.2) is 4.98 Å². The van der Waals surface area contributed by atoms with Gasteiger partial charge in [0.1, 0.15) is 11.6 Å². The standard InChI is InChI=1S/C23H21N3O4/c1-28-17-10-8-16(9-11-17)24-22(27)14-30-20-12-7-15(13-21(20)29-2)23-25-18-5-3-4-6-19(18)26-23/h3-13H,14H2,1-2H3,(H,24,27)(H,25,26). The zero-order valence-electron chi connectivity index (χ0n) is 16.6. The number of aromatic amines is 1. The Kier molecular flexibility index (Phi) is 5.52. The fraction of sp³-hybridized carbons (Fsp3) is 0.130. The van der Waals surface area contributed by atoms with Gasteiger partial charge in [0.25, 0.3) is 5.91 Å². The largest absolute Gasteiger partial charge is 0.497 e. The average Bonchev–Trinajstić information content (AvgIpc) is 3.22. The van der Waals surface area contributed by atoms with E-state index < -0.39 is 0 Å². The second-order valence-electron chi connectivity index (χ2n) is 6.53. The van der Waals surface area contributed by atoms with Crippen molar-refractivity contribution in [2.45, 2.75) is 0 Å². The number of imidazole rings is 1. The number of ether oxygens (including phenoxy) is 3. The van der Waals surface area contributed by atoms with E-state index in [1.807, 2.05) is 36.4 Å². The van der Waals surface area contributed by atoms with Gasteiger partial charge in [-0.2, -0.15) is 0 Å². The highest BCUT2D eigenvalue weighted by atomic mass is 16.5. The molecule has 4 aromatic rings. The van der Waals surface area contributed by atoms with Gasteiger partial charge in [0, 0.05) is 11.3 Å². The summed E-state index contributed by atoms with van der Waals surface area (Å²) in [5, 5.41) is 2.78. The molecule has 3 aromatic carbocycles. The molecule has 1 amide bonds. The molecule has 0 unspecified atom stereocenters. The fourth-order valence-electron chi connectivity index (χ4n) is 3.04. The molecule has 0 radical (unpaired) electrons. The summed E-state index contributed by atoms with van der Waals surface area (Å²) < 4.78 is 16.2. The van der Waals surface area contributed by atoms with E-state index in [9.17, 15) is 4.79 Å². The Morgan fingerprint density at radius 2 is 1.77 bits per heavy atom. The monoisotopic (exact) mass is 403 g/mol. The zero-order valence-corrected chi connectivity index (χ0v) is 16.6. The number of rotatable bonds is 7. The SMILES string of the molecule is COc1ccc(NC(=O)COc2ccc(-c3nc4ccccc4[nH]3)cc2OC)cc1. The lowest BCUT2D eigenvalue weighted by atomic mass is 10.2. The van der Waals surface area contributed by atoms with E-state index in [0.29, 0.717) is 17.2 Å². The highest BCUT2D eigenvalue weighted by Gasteiger charge is 2.12. The Labute approximate surface area is 173 Å². The van der Waals surface area contributed by atoms with Gasteiger partial charge < -0.3 is 24.5 Å². The molecule has 1 heterocycles. The van der Waals surface area contributed by atoms with Crippen LogP contribution in [-0.2, 0) is 4.79 Å². The third-order valence-corrected chi connectivity index (χ3v) is 4.56. The minimum absolute atomic E-state index is 0.146. The van der Waals surface area contributed by atoms with E-state index in [1.54, 1.807) is 44.6 Å². The minimum atomic E-state index is -0.274. The van der Waals surface area contributed by atoms with Crippen molar-refractivity contribution in [3.8, 4) is 28.6 Å². The molecule has 0 spiro atoms. The van der Waals surface area contributed by atoms with Crippen LogP contribution in [0.1, 0.15) is 0 Å². The highest BCUT2D eigenvalue weighted by Crippen LogP contribution is 2.32. The average molecular weight is 403 g/mol. The topological polar surface area (TPSA) is 85.5 Å². The van der Waals surface area contributed by atoms with Crippen molar-refractivity contribution in [1.29, 1.82) is 0 Å². The molecule has 0 saturated carbocycles. The van der Waals surface area contributed by atoms with Crippen LogP contribution in [0.25, 0.3) is 22.4 Å². The molecule has 30 heavy (non-hydrogen) atoms. The summed E-state index contributed by atoms with van der Waals surface area (Å²) in [5.74, 6) is 2.17. The van der Waals surface area contributed by atoms with Gasteiger partial charge in [-0.3, -0.25) is 4.79 Å². The van der Waals surface area contributed by atoms with Crippen LogP contribution in [0.5, 0.6) is 17.2 Å². The van der Waals surface area contributed by atoms with Crippen LogP contribution in [0.15, 0.2) is 66.7 Å². The van der Waals surface area contributed by atoms with Crippen molar-refractivity contribution in [2.75, 3.05) is 26.1 Å². The Morgan fingerprint density at radius 3 is 2.50 bits per heavy atom. The second-order valence-corrected chi connectivity index (χ2v) is 6.53. The number of fused-ring (bicyclic) bond motifs is 1. The third-order valence-electron chi connectivity index (χ3n) is 4.56. The van der Waals surface area contributed by atoms with Crippen LogP contribution in [0.2, 0.25) is 0 Å². The normalized spacial score (nSPS) is 10.6. The van der Waals surface area contributed by atoms with E-state index in [-0.39, 0.29) is 12.5 Å². The minimum Gasteiger partial charge on any atom is -0.497 e. The van der Waals surface area contributed by atoms with Crippen molar-refractivity contribution in [3.05, 3.63) is 66.7 Å². The second kappa shape index (κ2) is 8.57. The molecule has 0 aliphatic carbocycles. The van der Waals surface area contributed by atoms with E-state index in [4.69, 9.17) is 14.2 Å². The number of amides is 1. The predicted octanol–water partition coefficient (Wildman–Crippen LogP) is 4.26. The molecule has 1 aromatic heterocycles. The molecular weight excluding hydrogens is 382 g/mol. The Bertz CT molecular complexity index is 1140. The summed E-state index contributed by atoms with van der Waals surface area (Å²) >= 11 is 0. The summed E-state index contributed by atoms with van der Waals surface area (Å²) in [5.41, 5.74) is 3.37. The molecule has 7 nitrogen and oxygen atoms in total. The molecule has 7 heteroatoms. The van der Waals surface area contributed by atoms with E-state index in [2.05, 4.69) is 15.3 Å². The number of para-hydroxylation sites is 2. The molecule has 0 aliphatic rings. The lowest BCUT2D eigenvalue weighted by Gasteiger charge is -2.12. The van der Waals surface area contributed by atoms with Gasteiger partial charge in [0.05, 0.1) is 25.3 Å². The van der Waals surface area contributed by atoms with Crippen LogP contribution < -0.4 is 19.5 Å². The first-order chi connectivity index (χ1) is 14.7. The Balaban J connectivity index is 1.44. The molecule has 2 N–H and O–H groups in total. The number of hydrogen-bond acceptors (Lipinski definition) is 5. The van der Waals surface area contributed by atoms with E-state index in [0.717, 1.165) is 28.2 Å². The van der Waals surface area contributed by atoms with Crippen LogP contribution in [0.3, 0.4) is 0 Å². The van der Waals surface area contributed by atoms with Crippen molar-refractivity contribution in [2.24, 2.45) is 0 Å². The Hall–Kier alpha value is -4.00. The summed E-state index contributed by atoms with van der Waals surface area (Å²) in [7, 11) is 3.15. The molecule has 0 aliphatic heterocycles. The quantitative estimate of drug-likeness (QED) is 0.481. The summed E-state index contributed by atoms with van der Waals surface area (Å²) in [6.07, 6.45) is 0. The first-order valence-electron chi connectivity index (χ1n) is 9.36. The highest BCUT2D eigenvalue weighted by molar-refractivity contribution is 5.92. The number of benzene rings is 3. The van der Waals surface area contributed by atoms with E-state index >= 15 is 0 Å². The van der Waals surface area contributed by atoms with Gasteiger partial charge >= 0.3 is 0 Å². The van der Waals surface area contributed by atoms with Crippen LogP contribution in [0.4, 0.5) is 5.69 Å². The predicted molar refractivity (Wildman–Crippen MR) is 115 cm³/mol. The first-order valence-corrected chi connectivity index (χ1v) is 9.36. The number of nitrogens with zero attached hydrogens (tertiary/aromatic N) is 1. The lowest BCUT2D eigenvalue weighted by Crippen LogP contribution is -2.20. The number of carbonyl (C=O) groups is 1. The van der Waals surface area contributed by atoms with Crippen molar-refractivity contribution < 1.29 is 19.0 Å². The maximum absolute atomic E-state index is 12.2. The number of H-pyrrole nitrogens is 1. The number of nitrogens with one attached hydrogen (secondary N) is 2. The molecule has 4 rings (SSSR count). The van der Waals surface area contributed by atoms with E-state index in [1.165, 1.54) is 0 Å². The summed E-state index contributed by atoms with van der Waals surface area (Å²) in [6.45, 7) is -0.146. The van der Waals surface area contributed by atoms with Gasteiger partial charge in [0.15, 0.2) is 18.1 Å². The first kappa shape index (κ1) is 19.3. The number of aromatic nitrogens is 2. The summed E-state index contributed by atoms with van der Waals surface area (Å²) in [4.78, 5) is 20.1. The van der Waals surface area contributed by atoms with Gasteiger partial charge in [-0.1, -0.05) is 12.1 Å². The molecule has 152 valence electrons.